The summed E-state index contributed by atoms with van der Waals surface area (Å²) in [6, 6.07) is 7.46. The summed E-state index contributed by atoms with van der Waals surface area (Å²) in [5, 5.41) is 8.77. The van der Waals surface area contributed by atoms with Crippen molar-refractivity contribution in [3.8, 4) is 6.07 Å². The number of benzene rings is 1. The molecule has 1 atom stereocenters. The number of carbonyl (C=O) groups excluding carboxylic acids is 1. The van der Waals surface area contributed by atoms with Gasteiger partial charge in [0, 0.05) is 53.7 Å². The van der Waals surface area contributed by atoms with Crippen LogP contribution in [0.1, 0.15) is 49.0 Å². The van der Waals surface area contributed by atoms with E-state index in [0.717, 1.165) is 0 Å². The van der Waals surface area contributed by atoms with Gasteiger partial charge in [0.15, 0.2) is 5.78 Å². The second-order valence-electron chi connectivity index (χ2n) is 4.71. The molecule has 3 nitrogen and oxygen atoms in total. The molecule has 0 amide bonds. The zero-order chi connectivity index (χ0) is 16.8. The first kappa shape index (κ1) is 22.5. The molecule has 1 aromatic carbocycles. The van der Waals surface area contributed by atoms with Crippen LogP contribution in [0.25, 0.3) is 0 Å². The van der Waals surface area contributed by atoms with Crippen LogP contribution in [0, 0.1) is 59.2 Å². The first-order chi connectivity index (χ1) is 10.3. The van der Waals surface area contributed by atoms with Crippen molar-refractivity contribution < 1.29 is 64.4 Å². The molecule has 124 valence electrons. The Morgan fingerprint density at radius 3 is 2.43 bits per heavy atom. The van der Waals surface area contributed by atoms with Gasteiger partial charge in [-0.1, -0.05) is 26.0 Å². The Balaban J connectivity index is 0.00000484. The molecule has 0 fully saturated rings. The molecule has 0 bridgehead atoms. The monoisotopic (exact) mass is 452 g/mol. The van der Waals surface area contributed by atoms with Crippen molar-refractivity contribution in [3.63, 3.8) is 0 Å². The Morgan fingerprint density at radius 1 is 1.35 bits per heavy atom. The van der Waals surface area contributed by atoms with Crippen LogP contribution in [0.5, 0.6) is 0 Å². The van der Waals surface area contributed by atoms with Gasteiger partial charge in [0.2, 0.25) is 0 Å². The molecule has 0 heterocycles. The SMILES string of the molecule is CC[C-](CC)OC(CC(=O)c1cccc(C#N)c1)C(F)(F)F.[Ce]. The third-order valence-electron chi connectivity index (χ3n) is 3.15. The molecule has 0 aliphatic rings. The molecule has 0 aliphatic carbocycles. The van der Waals surface area contributed by atoms with E-state index in [2.05, 4.69) is 0 Å². The summed E-state index contributed by atoms with van der Waals surface area (Å²) in [5.41, 5.74) is 0.302. The number of carbonyl (C=O) groups is 1. The molecule has 0 aliphatic heterocycles. The zero-order valence-corrected chi connectivity index (χ0v) is 16.0. The molecule has 0 spiro atoms. The number of hydrogen-bond donors (Lipinski definition) is 0. The van der Waals surface area contributed by atoms with Crippen molar-refractivity contribution in [1.29, 1.82) is 5.26 Å². The van der Waals surface area contributed by atoms with Crippen molar-refractivity contribution in [2.24, 2.45) is 0 Å². The number of Topliss-reactive ketones (excluding diaryl/α,β-unsaturated/α-hetero) is 1. The molecular formula is C16H17CeF3NO2-. The Morgan fingerprint density at radius 2 is 1.96 bits per heavy atom. The quantitative estimate of drug-likeness (QED) is 0.454. The minimum Gasteiger partial charge on any atom is -0.540 e. The minimum atomic E-state index is -4.63. The predicted molar refractivity (Wildman–Crippen MR) is 74.9 cm³/mol. The molecule has 0 N–H and O–H groups in total. The minimum absolute atomic E-state index is 0. The summed E-state index contributed by atoms with van der Waals surface area (Å²) in [6.07, 6.45) is -6.57. The normalized spacial score (nSPS) is 12.4. The van der Waals surface area contributed by atoms with Crippen LogP contribution < -0.4 is 0 Å². The largest absolute Gasteiger partial charge is 0.540 e. The molecule has 0 saturated carbocycles. The Hall–Kier alpha value is -0.493. The smallest absolute Gasteiger partial charge is 0.412 e. The number of alkyl halides is 3. The summed E-state index contributed by atoms with van der Waals surface area (Å²) in [7, 11) is 0. The van der Waals surface area contributed by atoms with E-state index in [-0.39, 0.29) is 52.9 Å². The number of ketones is 1. The standard InChI is InChI=1S/C16H17F3NO2.Ce/c1-3-13(4-2)22-15(16(17,18)19)9-14(21)12-7-5-6-11(8-12)10-20;/h5-8,15H,3-4,9H2,1-2H3;/q-1;. The molecule has 0 saturated heterocycles. The second kappa shape index (κ2) is 10.4. The van der Waals surface area contributed by atoms with Crippen LogP contribution in [0.15, 0.2) is 24.3 Å². The van der Waals surface area contributed by atoms with Gasteiger partial charge in [0.25, 0.3) is 0 Å². The summed E-state index contributed by atoms with van der Waals surface area (Å²) >= 11 is 0. The predicted octanol–water partition coefficient (Wildman–Crippen LogP) is 4.43. The van der Waals surface area contributed by atoms with Gasteiger partial charge in [-0.05, 0) is 12.1 Å². The summed E-state index contributed by atoms with van der Waals surface area (Å²) in [5.74, 6) is -0.703. The van der Waals surface area contributed by atoms with E-state index in [1.165, 1.54) is 24.3 Å². The van der Waals surface area contributed by atoms with Crippen LogP contribution in [-0.2, 0) is 4.74 Å². The molecular weight excluding hydrogens is 435 g/mol. The maximum Gasteiger partial charge on any atom is 0.412 e. The van der Waals surface area contributed by atoms with Crippen LogP contribution in [0.4, 0.5) is 13.2 Å². The number of nitrogens with zero attached hydrogens (tertiary/aromatic N) is 1. The maximum atomic E-state index is 13.0. The van der Waals surface area contributed by atoms with E-state index in [1.807, 2.05) is 6.07 Å². The third-order valence-corrected chi connectivity index (χ3v) is 3.15. The van der Waals surface area contributed by atoms with Crippen molar-refractivity contribution >= 4 is 5.78 Å². The topological polar surface area (TPSA) is 50.1 Å². The average Bonchev–Trinajstić information content (AvgIpc) is 2.50. The zero-order valence-electron chi connectivity index (χ0n) is 12.9. The first-order valence-corrected chi connectivity index (χ1v) is 6.93. The van der Waals surface area contributed by atoms with Gasteiger partial charge in [0.05, 0.1) is 11.6 Å². The van der Waals surface area contributed by atoms with Crippen molar-refractivity contribution in [2.75, 3.05) is 0 Å². The third kappa shape index (κ3) is 7.29. The second-order valence-corrected chi connectivity index (χ2v) is 4.71. The van der Waals surface area contributed by atoms with Gasteiger partial charge in [-0.2, -0.15) is 37.4 Å². The fourth-order valence-corrected chi connectivity index (χ4v) is 1.89. The summed E-state index contributed by atoms with van der Waals surface area (Å²) < 4.78 is 44.1. The Kier molecular flexibility index (Phi) is 10.2. The van der Waals surface area contributed by atoms with Gasteiger partial charge < -0.3 is 4.74 Å². The van der Waals surface area contributed by atoms with Gasteiger partial charge >= 0.3 is 6.18 Å². The van der Waals surface area contributed by atoms with Gasteiger partial charge in [0.1, 0.15) is 6.10 Å². The molecule has 1 unspecified atom stereocenters. The molecule has 7 heteroatoms. The van der Waals surface area contributed by atoms with Gasteiger partial charge in [-0.15, -0.1) is 0 Å². The fourth-order valence-electron chi connectivity index (χ4n) is 1.89. The van der Waals surface area contributed by atoms with Crippen molar-refractivity contribution in [2.45, 2.75) is 45.4 Å². The number of nitriles is 1. The Labute approximate surface area is 167 Å². The summed E-state index contributed by atoms with van der Waals surface area (Å²) in [4.78, 5) is 12.0. The maximum absolute atomic E-state index is 13.0. The molecule has 1 aromatic rings. The number of rotatable bonds is 7. The molecule has 0 aromatic heterocycles. The molecule has 23 heavy (non-hydrogen) atoms. The van der Waals surface area contributed by atoms with E-state index < -0.39 is 24.5 Å². The molecule has 1 rings (SSSR count). The van der Waals surface area contributed by atoms with Gasteiger partial charge in [-0.25, -0.2) is 0 Å². The average molecular weight is 452 g/mol. The van der Waals surface area contributed by atoms with Crippen LogP contribution in [0.2, 0.25) is 0 Å². The van der Waals surface area contributed by atoms with E-state index in [0.29, 0.717) is 18.9 Å². The van der Waals surface area contributed by atoms with E-state index in [9.17, 15) is 18.0 Å². The number of hydrogen-bond acceptors (Lipinski definition) is 3. The van der Waals surface area contributed by atoms with Crippen LogP contribution in [0.3, 0.4) is 0 Å². The van der Waals surface area contributed by atoms with Crippen molar-refractivity contribution in [1.82, 2.24) is 0 Å². The van der Waals surface area contributed by atoms with Gasteiger partial charge in [-0.3, -0.25) is 4.79 Å². The molecule has 0 radical (unpaired) electrons. The van der Waals surface area contributed by atoms with Crippen LogP contribution in [-0.4, -0.2) is 18.1 Å². The van der Waals surface area contributed by atoms with Crippen molar-refractivity contribution in [3.05, 3.63) is 41.5 Å². The Bertz CT molecular complexity index is 551. The first-order valence-electron chi connectivity index (χ1n) is 6.93. The summed E-state index contributed by atoms with van der Waals surface area (Å²) in [6.45, 7) is 3.40. The van der Waals surface area contributed by atoms with E-state index in [4.69, 9.17) is 10.00 Å². The fraction of sp³-hybridized carbons (Fsp3) is 0.438. The number of halogens is 3. The van der Waals surface area contributed by atoms with E-state index >= 15 is 0 Å². The number of ether oxygens (including phenoxy) is 1. The van der Waals surface area contributed by atoms with E-state index in [1.54, 1.807) is 13.8 Å². The van der Waals surface area contributed by atoms with Crippen LogP contribution >= 0.6 is 0 Å².